The number of rotatable bonds is 3. The van der Waals surface area contributed by atoms with Gasteiger partial charge in [-0.1, -0.05) is 45.0 Å². The van der Waals surface area contributed by atoms with Crippen molar-refractivity contribution in [3.63, 3.8) is 0 Å². The Morgan fingerprint density at radius 3 is 2.61 bits per heavy atom. The normalized spacial score (nSPS) is 19.4. The predicted molar refractivity (Wildman–Crippen MR) is 74.5 cm³/mol. The fraction of sp³-hybridized carbons (Fsp3) is 0.562. The van der Waals surface area contributed by atoms with E-state index in [1.165, 1.54) is 11.1 Å². The summed E-state index contributed by atoms with van der Waals surface area (Å²) in [4.78, 5) is 12.2. The van der Waals surface area contributed by atoms with Crippen molar-refractivity contribution >= 4 is 5.78 Å². The zero-order valence-corrected chi connectivity index (χ0v) is 11.6. The Morgan fingerprint density at radius 2 is 1.94 bits per heavy atom. The number of ketones is 1. The first-order valence-corrected chi connectivity index (χ1v) is 6.78. The molecule has 1 aliphatic rings. The van der Waals surface area contributed by atoms with Crippen molar-refractivity contribution in [2.75, 3.05) is 0 Å². The first-order valence-electron chi connectivity index (χ1n) is 6.78. The number of benzene rings is 1. The minimum absolute atomic E-state index is 0.0160. The molecule has 0 amide bonds. The van der Waals surface area contributed by atoms with Crippen LogP contribution in [0.3, 0.4) is 0 Å². The average molecular weight is 245 g/mol. The van der Waals surface area contributed by atoms with Crippen LogP contribution in [0, 0.1) is 5.41 Å². The smallest absolute Gasteiger partial charge is 0.150 e. The number of carbonyl (C=O) groups excluding carboxylic acids is 1. The number of hydrogen-bond donors (Lipinski definition) is 1. The van der Waals surface area contributed by atoms with E-state index in [0.717, 1.165) is 19.4 Å². The van der Waals surface area contributed by atoms with Crippen molar-refractivity contribution in [1.82, 2.24) is 5.32 Å². The monoisotopic (exact) mass is 245 g/mol. The molecule has 1 aliphatic heterocycles. The molecular formula is C16H23NO. The highest BCUT2D eigenvalue weighted by atomic mass is 16.1. The molecule has 1 unspecified atom stereocenters. The fourth-order valence-corrected chi connectivity index (χ4v) is 2.35. The second-order valence-corrected chi connectivity index (χ2v) is 6.43. The molecule has 0 aliphatic carbocycles. The van der Waals surface area contributed by atoms with E-state index in [2.05, 4.69) is 50.4 Å². The lowest BCUT2D eigenvalue weighted by atomic mass is 9.86. The maximum absolute atomic E-state index is 12.2. The lowest BCUT2D eigenvalue weighted by Crippen LogP contribution is -2.41. The molecule has 1 aromatic rings. The van der Waals surface area contributed by atoms with Gasteiger partial charge in [0.15, 0.2) is 0 Å². The van der Waals surface area contributed by atoms with Gasteiger partial charge < -0.3 is 5.32 Å². The molecule has 1 N–H and O–H groups in total. The van der Waals surface area contributed by atoms with Crippen molar-refractivity contribution in [3.05, 3.63) is 35.4 Å². The molecule has 0 aromatic heterocycles. The van der Waals surface area contributed by atoms with Gasteiger partial charge in [-0.25, -0.2) is 0 Å². The highest BCUT2D eigenvalue weighted by Crippen LogP contribution is 2.23. The van der Waals surface area contributed by atoms with Gasteiger partial charge in [-0.2, -0.15) is 0 Å². The van der Waals surface area contributed by atoms with Gasteiger partial charge >= 0.3 is 0 Å². The number of nitrogens with one attached hydrogen (secondary N) is 1. The van der Waals surface area contributed by atoms with Crippen LogP contribution < -0.4 is 5.32 Å². The molecule has 1 heterocycles. The third-order valence-electron chi connectivity index (χ3n) is 3.59. The number of Topliss-reactive ketones (excluding diaryl/α,β-unsaturated/α-hetero) is 1. The van der Waals surface area contributed by atoms with Gasteiger partial charge in [0.2, 0.25) is 0 Å². The molecule has 2 heteroatoms. The number of fused-ring (bicyclic) bond motifs is 1. The van der Waals surface area contributed by atoms with Crippen LogP contribution in [0.1, 0.15) is 44.7 Å². The van der Waals surface area contributed by atoms with Crippen LogP contribution in [0.4, 0.5) is 0 Å². The van der Waals surface area contributed by atoms with E-state index in [1.807, 2.05) is 0 Å². The Bertz CT molecular complexity index is 431. The van der Waals surface area contributed by atoms with Crippen molar-refractivity contribution in [2.45, 2.75) is 52.6 Å². The summed E-state index contributed by atoms with van der Waals surface area (Å²) in [5, 5.41) is 3.36. The van der Waals surface area contributed by atoms with Gasteiger partial charge in [0.05, 0.1) is 6.04 Å². The molecule has 0 radical (unpaired) electrons. The van der Waals surface area contributed by atoms with Crippen molar-refractivity contribution in [2.24, 2.45) is 5.41 Å². The Balaban J connectivity index is 1.95. The second-order valence-electron chi connectivity index (χ2n) is 6.43. The highest BCUT2D eigenvalue weighted by molar-refractivity contribution is 5.84. The van der Waals surface area contributed by atoms with Crippen molar-refractivity contribution < 1.29 is 4.79 Å². The molecule has 98 valence electrons. The molecule has 1 aromatic carbocycles. The van der Waals surface area contributed by atoms with Crippen LogP contribution in [0.2, 0.25) is 0 Å². The first-order chi connectivity index (χ1) is 8.46. The largest absolute Gasteiger partial charge is 0.303 e. The Morgan fingerprint density at radius 1 is 1.28 bits per heavy atom. The lowest BCUT2D eigenvalue weighted by Gasteiger charge is -2.26. The molecule has 0 spiro atoms. The van der Waals surface area contributed by atoms with Crippen molar-refractivity contribution in [1.29, 1.82) is 0 Å². The highest BCUT2D eigenvalue weighted by Gasteiger charge is 2.24. The van der Waals surface area contributed by atoms with Gasteiger partial charge in [0, 0.05) is 13.0 Å². The SMILES string of the molecule is CC(C)(C)CCC(=O)C1Cc2ccccc2CN1. The molecular weight excluding hydrogens is 222 g/mol. The van der Waals surface area contributed by atoms with Gasteiger partial charge in [-0.05, 0) is 29.4 Å². The second kappa shape index (κ2) is 5.23. The van der Waals surface area contributed by atoms with Crippen LogP contribution >= 0.6 is 0 Å². The number of hydrogen-bond acceptors (Lipinski definition) is 2. The molecule has 0 fully saturated rings. The molecule has 0 saturated carbocycles. The quantitative estimate of drug-likeness (QED) is 0.886. The predicted octanol–water partition coefficient (Wildman–Crippen LogP) is 3.10. The van der Waals surface area contributed by atoms with E-state index in [1.54, 1.807) is 0 Å². The van der Waals surface area contributed by atoms with Gasteiger partial charge in [0.25, 0.3) is 0 Å². The summed E-state index contributed by atoms with van der Waals surface area (Å²) in [5.41, 5.74) is 2.89. The molecule has 0 saturated heterocycles. The summed E-state index contributed by atoms with van der Waals surface area (Å²) >= 11 is 0. The third kappa shape index (κ3) is 3.42. The Hall–Kier alpha value is -1.15. The molecule has 2 nitrogen and oxygen atoms in total. The van der Waals surface area contributed by atoms with E-state index in [9.17, 15) is 4.79 Å². The van der Waals surface area contributed by atoms with Crippen LogP contribution in [-0.4, -0.2) is 11.8 Å². The van der Waals surface area contributed by atoms with E-state index in [0.29, 0.717) is 12.2 Å². The Kier molecular flexibility index (Phi) is 3.86. The third-order valence-corrected chi connectivity index (χ3v) is 3.59. The zero-order valence-electron chi connectivity index (χ0n) is 11.6. The first kappa shape index (κ1) is 13.3. The molecule has 2 rings (SSSR count). The van der Waals surface area contributed by atoms with Gasteiger partial charge in [0.1, 0.15) is 5.78 Å². The van der Waals surface area contributed by atoms with Crippen LogP contribution in [0.15, 0.2) is 24.3 Å². The van der Waals surface area contributed by atoms with E-state index < -0.39 is 0 Å². The fourth-order valence-electron chi connectivity index (χ4n) is 2.35. The summed E-state index contributed by atoms with van der Waals surface area (Å²) in [6.45, 7) is 7.37. The van der Waals surface area contributed by atoms with Crippen LogP contribution in [0.5, 0.6) is 0 Å². The minimum atomic E-state index is 0.0160. The maximum atomic E-state index is 12.2. The average Bonchev–Trinajstić information content (AvgIpc) is 2.34. The van der Waals surface area contributed by atoms with Crippen LogP contribution in [0.25, 0.3) is 0 Å². The molecule has 0 bridgehead atoms. The minimum Gasteiger partial charge on any atom is -0.303 e. The summed E-state index contributed by atoms with van der Waals surface area (Å²) < 4.78 is 0. The Labute approximate surface area is 110 Å². The van der Waals surface area contributed by atoms with E-state index >= 15 is 0 Å². The molecule has 18 heavy (non-hydrogen) atoms. The van der Waals surface area contributed by atoms with E-state index in [-0.39, 0.29) is 11.5 Å². The van der Waals surface area contributed by atoms with E-state index in [4.69, 9.17) is 0 Å². The van der Waals surface area contributed by atoms with Gasteiger partial charge in [-0.3, -0.25) is 4.79 Å². The number of carbonyl (C=O) groups is 1. The lowest BCUT2D eigenvalue weighted by molar-refractivity contribution is -0.121. The maximum Gasteiger partial charge on any atom is 0.150 e. The van der Waals surface area contributed by atoms with Crippen LogP contribution in [-0.2, 0) is 17.8 Å². The van der Waals surface area contributed by atoms with Gasteiger partial charge in [-0.15, -0.1) is 0 Å². The summed E-state index contributed by atoms with van der Waals surface area (Å²) in [6.07, 6.45) is 2.49. The summed E-state index contributed by atoms with van der Waals surface area (Å²) in [7, 11) is 0. The van der Waals surface area contributed by atoms with Crippen molar-refractivity contribution in [3.8, 4) is 0 Å². The standard InChI is InChI=1S/C16H23NO/c1-16(2,3)9-8-15(18)14-10-12-6-4-5-7-13(12)11-17-14/h4-7,14,17H,8-11H2,1-3H3. The molecule has 1 atom stereocenters. The zero-order chi connectivity index (χ0) is 13.2. The topological polar surface area (TPSA) is 29.1 Å². The summed E-state index contributed by atoms with van der Waals surface area (Å²) in [5.74, 6) is 0.361. The summed E-state index contributed by atoms with van der Waals surface area (Å²) in [6, 6.07) is 8.41.